The van der Waals surface area contributed by atoms with Crippen molar-refractivity contribution in [1.29, 1.82) is 0 Å². The Bertz CT molecular complexity index is 3480. The van der Waals surface area contributed by atoms with Gasteiger partial charge >= 0.3 is 0 Å². The van der Waals surface area contributed by atoms with Crippen molar-refractivity contribution in [3.8, 4) is 77.9 Å². The number of benzene rings is 10. The van der Waals surface area contributed by atoms with Gasteiger partial charge in [-0.1, -0.05) is 234 Å². The summed E-state index contributed by atoms with van der Waals surface area (Å²) in [5.41, 5.74) is 26.1. The maximum Gasteiger partial charge on any atom is 0.0540 e. The number of nitrogens with zero attached hydrogens (tertiary/aromatic N) is 1. The zero-order chi connectivity index (χ0) is 45.3. The van der Waals surface area contributed by atoms with E-state index < -0.39 is 0 Å². The Labute approximate surface area is 395 Å². The van der Waals surface area contributed by atoms with Crippen molar-refractivity contribution in [3.05, 3.63) is 259 Å². The number of rotatable bonds is 8. The molecule has 1 heteroatoms. The Morgan fingerprint density at radius 2 is 0.657 bits per heavy atom. The van der Waals surface area contributed by atoms with E-state index in [0.717, 1.165) is 17.1 Å². The molecule has 0 N–H and O–H groups in total. The molecule has 10 aromatic rings. The molecule has 0 unspecified atom stereocenters. The molecule has 67 heavy (non-hydrogen) atoms. The molecular weight excluding hydrogens is 807 g/mol. The van der Waals surface area contributed by atoms with Gasteiger partial charge in [0.25, 0.3) is 0 Å². The van der Waals surface area contributed by atoms with Crippen LogP contribution in [0.5, 0.6) is 0 Å². The van der Waals surface area contributed by atoms with Gasteiger partial charge < -0.3 is 4.90 Å². The fourth-order valence-electron chi connectivity index (χ4n) is 11.3. The molecule has 0 amide bonds. The molecule has 2 aliphatic rings. The minimum atomic E-state index is -0.136. The number of hydrogen-bond donors (Lipinski definition) is 0. The van der Waals surface area contributed by atoms with E-state index in [9.17, 15) is 0 Å². The van der Waals surface area contributed by atoms with Gasteiger partial charge in [-0.05, 0) is 125 Å². The third kappa shape index (κ3) is 6.68. The van der Waals surface area contributed by atoms with Crippen LogP contribution in [-0.2, 0) is 10.8 Å². The summed E-state index contributed by atoms with van der Waals surface area (Å²) in [4.78, 5) is 2.46. The molecule has 320 valence electrons. The molecule has 0 saturated heterocycles. The fourth-order valence-corrected chi connectivity index (χ4v) is 11.3. The Morgan fingerprint density at radius 1 is 0.254 bits per heavy atom. The average Bonchev–Trinajstić information content (AvgIpc) is 3.76. The lowest BCUT2D eigenvalue weighted by atomic mass is 9.78. The van der Waals surface area contributed by atoms with Crippen LogP contribution in [0, 0.1) is 0 Å². The second-order valence-corrected chi connectivity index (χ2v) is 19.3. The van der Waals surface area contributed by atoms with Gasteiger partial charge in [0.05, 0.1) is 5.69 Å². The summed E-state index contributed by atoms with van der Waals surface area (Å²) in [5, 5.41) is 0. The first kappa shape index (κ1) is 40.5. The Balaban J connectivity index is 0.951. The first-order valence-electron chi connectivity index (χ1n) is 23.6. The lowest BCUT2D eigenvalue weighted by molar-refractivity contribution is 0.660. The summed E-state index contributed by atoms with van der Waals surface area (Å²) >= 11 is 0. The second kappa shape index (κ2) is 15.9. The summed E-state index contributed by atoms with van der Waals surface area (Å²) in [6.07, 6.45) is 0. The van der Waals surface area contributed by atoms with Crippen molar-refractivity contribution in [2.45, 2.75) is 38.5 Å². The summed E-state index contributed by atoms with van der Waals surface area (Å²) in [6, 6.07) is 87.4. The standard InChI is InChI=1S/C66H51N/c1-65(2)60-26-13-10-22-55(60)57-42-41-51(43-62(57)65)67(63-28-15-12-20-53(63)49-35-33-47(34-36-49)46-31-29-45(30-32-46)44-17-6-5-7-18-44)50-39-37-48(38-40-50)52-19-8-9-21-54(52)58-24-16-25-59-56-23-11-14-27-61(56)66(3,4)64(58)59/h5-43H,1-4H3. The van der Waals surface area contributed by atoms with Crippen molar-refractivity contribution in [1.82, 2.24) is 0 Å². The zero-order valence-electron chi connectivity index (χ0n) is 38.5. The highest BCUT2D eigenvalue weighted by atomic mass is 15.1. The van der Waals surface area contributed by atoms with Gasteiger partial charge in [0.2, 0.25) is 0 Å². The zero-order valence-corrected chi connectivity index (χ0v) is 38.5. The van der Waals surface area contributed by atoms with E-state index in [4.69, 9.17) is 0 Å². The molecular formula is C66H51N. The van der Waals surface area contributed by atoms with Crippen molar-refractivity contribution in [2.24, 2.45) is 0 Å². The summed E-state index contributed by atoms with van der Waals surface area (Å²) in [5.74, 6) is 0. The first-order chi connectivity index (χ1) is 32.8. The normalized spacial score (nSPS) is 13.6. The SMILES string of the molecule is CC1(C)c2ccccc2-c2ccc(N(c3ccc(-c4ccccc4-c4cccc5c4C(C)(C)c4ccccc4-5)cc3)c3ccccc3-c3ccc(-c4ccc(-c5ccccc5)cc4)cc3)cc21. The minimum absolute atomic E-state index is 0.117. The molecule has 1 nitrogen and oxygen atoms in total. The van der Waals surface area contributed by atoms with Crippen LogP contribution in [0.15, 0.2) is 237 Å². The summed E-state index contributed by atoms with van der Waals surface area (Å²) in [7, 11) is 0. The van der Waals surface area contributed by atoms with E-state index in [1.165, 1.54) is 100 Å². The highest BCUT2D eigenvalue weighted by Gasteiger charge is 2.38. The van der Waals surface area contributed by atoms with Gasteiger partial charge in [0.15, 0.2) is 0 Å². The molecule has 0 heterocycles. The molecule has 12 rings (SSSR count). The van der Waals surface area contributed by atoms with Crippen LogP contribution in [-0.4, -0.2) is 0 Å². The smallest absolute Gasteiger partial charge is 0.0540 e. The highest BCUT2D eigenvalue weighted by Crippen LogP contribution is 2.54. The van der Waals surface area contributed by atoms with Crippen molar-refractivity contribution < 1.29 is 0 Å². The largest absolute Gasteiger partial charge is 0.310 e. The molecule has 10 aromatic carbocycles. The molecule has 0 saturated carbocycles. The monoisotopic (exact) mass is 857 g/mol. The average molecular weight is 858 g/mol. The van der Waals surface area contributed by atoms with Gasteiger partial charge in [-0.15, -0.1) is 0 Å². The molecule has 2 aliphatic carbocycles. The van der Waals surface area contributed by atoms with Gasteiger partial charge in [-0.2, -0.15) is 0 Å². The number of fused-ring (bicyclic) bond motifs is 6. The number of anilines is 3. The predicted octanol–water partition coefficient (Wildman–Crippen LogP) is 18.1. The van der Waals surface area contributed by atoms with Crippen LogP contribution in [0.1, 0.15) is 49.9 Å². The molecule has 0 aromatic heterocycles. The topological polar surface area (TPSA) is 3.24 Å². The Morgan fingerprint density at radius 3 is 1.30 bits per heavy atom. The molecule has 0 bridgehead atoms. The van der Waals surface area contributed by atoms with E-state index in [1.54, 1.807) is 0 Å². The third-order valence-corrected chi connectivity index (χ3v) is 14.7. The lowest BCUT2D eigenvalue weighted by Gasteiger charge is -2.30. The van der Waals surface area contributed by atoms with Crippen molar-refractivity contribution in [3.63, 3.8) is 0 Å². The van der Waals surface area contributed by atoms with Crippen LogP contribution in [0.3, 0.4) is 0 Å². The van der Waals surface area contributed by atoms with E-state index >= 15 is 0 Å². The molecule has 0 aliphatic heterocycles. The number of para-hydroxylation sites is 1. The second-order valence-electron chi connectivity index (χ2n) is 19.3. The minimum Gasteiger partial charge on any atom is -0.310 e. The number of hydrogen-bond acceptors (Lipinski definition) is 1. The highest BCUT2D eigenvalue weighted by molar-refractivity contribution is 5.95. The van der Waals surface area contributed by atoms with E-state index in [2.05, 4.69) is 269 Å². The molecule has 0 spiro atoms. The maximum atomic E-state index is 2.46. The molecule has 0 fully saturated rings. The summed E-state index contributed by atoms with van der Waals surface area (Å²) < 4.78 is 0. The van der Waals surface area contributed by atoms with Crippen molar-refractivity contribution in [2.75, 3.05) is 4.90 Å². The fraction of sp³-hybridized carbons (Fsp3) is 0.0909. The van der Waals surface area contributed by atoms with Crippen LogP contribution in [0.2, 0.25) is 0 Å². The van der Waals surface area contributed by atoms with Crippen LogP contribution < -0.4 is 4.90 Å². The van der Waals surface area contributed by atoms with Gasteiger partial charge in [0, 0.05) is 27.8 Å². The van der Waals surface area contributed by atoms with Crippen molar-refractivity contribution >= 4 is 17.1 Å². The van der Waals surface area contributed by atoms with Crippen LogP contribution in [0.25, 0.3) is 77.9 Å². The van der Waals surface area contributed by atoms with Gasteiger partial charge in [0.1, 0.15) is 0 Å². The van der Waals surface area contributed by atoms with Gasteiger partial charge in [-0.25, -0.2) is 0 Å². The van der Waals surface area contributed by atoms with E-state index in [-0.39, 0.29) is 10.8 Å². The van der Waals surface area contributed by atoms with Gasteiger partial charge in [-0.3, -0.25) is 0 Å². The van der Waals surface area contributed by atoms with E-state index in [1.807, 2.05) is 0 Å². The maximum absolute atomic E-state index is 2.46. The third-order valence-electron chi connectivity index (χ3n) is 14.7. The molecule has 0 atom stereocenters. The van der Waals surface area contributed by atoms with Crippen LogP contribution >= 0.6 is 0 Å². The first-order valence-corrected chi connectivity index (χ1v) is 23.6. The Hall–Kier alpha value is -8.00. The lowest BCUT2D eigenvalue weighted by Crippen LogP contribution is -2.17. The summed E-state index contributed by atoms with van der Waals surface area (Å²) in [6.45, 7) is 9.49. The van der Waals surface area contributed by atoms with Crippen LogP contribution in [0.4, 0.5) is 17.1 Å². The quantitative estimate of drug-likeness (QED) is 0.147. The van der Waals surface area contributed by atoms with E-state index in [0.29, 0.717) is 0 Å². The Kier molecular flexibility index (Phi) is 9.59. The predicted molar refractivity (Wildman–Crippen MR) is 283 cm³/mol. The molecule has 0 radical (unpaired) electrons.